The van der Waals surface area contributed by atoms with Crippen LogP contribution in [0.15, 0.2) is 69.9 Å². The molecule has 2 nitrogen and oxygen atoms in total. The van der Waals surface area contributed by atoms with E-state index >= 15 is 0 Å². The average molecular weight is 248 g/mol. The monoisotopic (exact) mass is 248 g/mol. The van der Waals surface area contributed by atoms with Gasteiger partial charge >= 0.3 is 5.63 Å². The third-order valence-corrected chi connectivity index (χ3v) is 2.95. The lowest BCUT2D eigenvalue weighted by molar-refractivity contribution is 0.561. The minimum atomic E-state index is -0.323. The van der Waals surface area contributed by atoms with Crippen molar-refractivity contribution in [1.82, 2.24) is 0 Å². The summed E-state index contributed by atoms with van der Waals surface area (Å²) in [5.74, 6) is 0. The fourth-order valence-electron chi connectivity index (χ4n) is 2.02. The molecule has 3 aromatic rings. The summed E-state index contributed by atoms with van der Waals surface area (Å²) in [6, 6.07) is 19.0. The highest BCUT2D eigenvalue weighted by Gasteiger charge is 2.00. The molecule has 0 unspecified atom stereocenters. The molecule has 0 amide bonds. The van der Waals surface area contributed by atoms with Crippen molar-refractivity contribution in [3.05, 3.63) is 82.2 Å². The Kier molecular flexibility index (Phi) is 2.99. The number of benzene rings is 2. The van der Waals surface area contributed by atoms with Crippen LogP contribution in [-0.2, 0) is 0 Å². The zero-order valence-corrected chi connectivity index (χ0v) is 10.2. The zero-order chi connectivity index (χ0) is 13.1. The largest absolute Gasteiger partial charge is 0.423 e. The second-order valence-electron chi connectivity index (χ2n) is 4.26. The van der Waals surface area contributed by atoms with Crippen molar-refractivity contribution >= 4 is 23.1 Å². The fourth-order valence-corrected chi connectivity index (χ4v) is 2.02. The average Bonchev–Trinajstić information content (AvgIpc) is 2.45. The van der Waals surface area contributed by atoms with Gasteiger partial charge in [-0.05, 0) is 23.3 Å². The van der Waals surface area contributed by atoms with Crippen molar-refractivity contribution in [2.24, 2.45) is 0 Å². The molecule has 0 spiro atoms. The predicted octanol–water partition coefficient (Wildman–Crippen LogP) is 3.96. The molecule has 1 heterocycles. The molecule has 92 valence electrons. The van der Waals surface area contributed by atoms with Gasteiger partial charge in [-0.2, -0.15) is 0 Å². The lowest BCUT2D eigenvalue weighted by atomic mass is 10.1. The van der Waals surface area contributed by atoms with Gasteiger partial charge < -0.3 is 4.42 Å². The van der Waals surface area contributed by atoms with E-state index in [2.05, 4.69) is 0 Å². The van der Waals surface area contributed by atoms with Gasteiger partial charge in [-0.1, -0.05) is 54.6 Å². The molecule has 0 aliphatic rings. The van der Waals surface area contributed by atoms with Crippen LogP contribution in [0.3, 0.4) is 0 Å². The molecule has 0 saturated heterocycles. The molecular formula is C17H12O2. The molecule has 0 radical (unpaired) electrons. The molecule has 0 N–H and O–H groups in total. The van der Waals surface area contributed by atoms with Crippen LogP contribution in [0.5, 0.6) is 0 Å². The summed E-state index contributed by atoms with van der Waals surface area (Å²) in [5, 5.41) is 0.939. The summed E-state index contributed by atoms with van der Waals surface area (Å²) in [4.78, 5) is 11.2. The molecule has 19 heavy (non-hydrogen) atoms. The molecule has 2 heteroatoms. The molecular weight excluding hydrogens is 236 g/mol. The van der Waals surface area contributed by atoms with Crippen LogP contribution >= 0.6 is 0 Å². The van der Waals surface area contributed by atoms with Crippen molar-refractivity contribution in [2.75, 3.05) is 0 Å². The molecule has 0 saturated carbocycles. The summed E-state index contributed by atoms with van der Waals surface area (Å²) in [6.07, 6.45) is 4.07. The SMILES string of the molecule is O=c1ccc2c(C=Cc3ccccc3)cccc2o1. The van der Waals surface area contributed by atoms with Crippen LogP contribution in [0, 0.1) is 0 Å². The number of hydrogen-bond donors (Lipinski definition) is 0. The Morgan fingerprint density at radius 2 is 1.63 bits per heavy atom. The van der Waals surface area contributed by atoms with Gasteiger partial charge in [0.25, 0.3) is 0 Å². The Hall–Kier alpha value is -2.61. The Bertz CT molecular complexity index is 783. The Morgan fingerprint density at radius 3 is 2.47 bits per heavy atom. The van der Waals surface area contributed by atoms with Gasteiger partial charge in [-0.15, -0.1) is 0 Å². The number of fused-ring (bicyclic) bond motifs is 1. The van der Waals surface area contributed by atoms with Crippen molar-refractivity contribution in [2.45, 2.75) is 0 Å². The topological polar surface area (TPSA) is 30.2 Å². The van der Waals surface area contributed by atoms with Crippen molar-refractivity contribution in [3.63, 3.8) is 0 Å². The van der Waals surface area contributed by atoms with E-state index in [-0.39, 0.29) is 5.63 Å². The lowest BCUT2D eigenvalue weighted by Crippen LogP contribution is -1.94. The van der Waals surface area contributed by atoms with E-state index in [1.807, 2.05) is 54.6 Å². The molecule has 2 aromatic carbocycles. The van der Waals surface area contributed by atoms with E-state index in [0.29, 0.717) is 5.58 Å². The van der Waals surface area contributed by atoms with E-state index in [0.717, 1.165) is 16.5 Å². The minimum absolute atomic E-state index is 0.323. The highest BCUT2D eigenvalue weighted by atomic mass is 16.4. The number of rotatable bonds is 2. The summed E-state index contributed by atoms with van der Waals surface area (Å²) in [6.45, 7) is 0. The first-order valence-electron chi connectivity index (χ1n) is 6.09. The standard InChI is InChI=1S/C17H12O2/c18-17-12-11-15-14(7-4-8-16(15)19-17)10-9-13-5-2-1-3-6-13/h1-12H. The smallest absolute Gasteiger partial charge is 0.336 e. The third-order valence-electron chi connectivity index (χ3n) is 2.95. The van der Waals surface area contributed by atoms with Gasteiger partial charge in [0.05, 0.1) is 0 Å². The Labute approximate surface area is 110 Å². The maximum absolute atomic E-state index is 11.2. The molecule has 3 rings (SSSR count). The van der Waals surface area contributed by atoms with Gasteiger partial charge in [0.15, 0.2) is 0 Å². The first-order valence-corrected chi connectivity index (χ1v) is 6.09. The first-order chi connectivity index (χ1) is 9.33. The third kappa shape index (κ3) is 2.47. The van der Waals surface area contributed by atoms with Gasteiger partial charge in [-0.25, -0.2) is 4.79 Å². The summed E-state index contributed by atoms with van der Waals surface area (Å²) in [5.41, 5.74) is 2.46. The molecule has 0 bridgehead atoms. The van der Waals surface area contributed by atoms with Crippen molar-refractivity contribution in [1.29, 1.82) is 0 Å². The van der Waals surface area contributed by atoms with Gasteiger partial charge in [0.1, 0.15) is 5.58 Å². The normalized spacial score (nSPS) is 11.2. The van der Waals surface area contributed by atoms with Crippen LogP contribution in [-0.4, -0.2) is 0 Å². The van der Waals surface area contributed by atoms with Crippen molar-refractivity contribution < 1.29 is 4.42 Å². The molecule has 0 aliphatic carbocycles. The fraction of sp³-hybridized carbons (Fsp3) is 0. The maximum atomic E-state index is 11.2. The summed E-state index contributed by atoms with van der Waals surface area (Å²) < 4.78 is 5.16. The van der Waals surface area contributed by atoms with Crippen LogP contribution in [0.4, 0.5) is 0 Å². The molecule has 0 aliphatic heterocycles. The Balaban J connectivity index is 2.06. The van der Waals surface area contributed by atoms with Crippen LogP contribution in [0.1, 0.15) is 11.1 Å². The predicted molar refractivity (Wildman–Crippen MR) is 77.9 cm³/mol. The highest BCUT2D eigenvalue weighted by molar-refractivity contribution is 5.89. The molecule has 0 atom stereocenters. The zero-order valence-electron chi connectivity index (χ0n) is 10.2. The van der Waals surface area contributed by atoms with E-state index < -0.39 is 0 Å². The van der Waals surface area contributed by atoms with Crippen LogP contribution in [0.25, 0.3) is 23.1 Å². The summed E-state index contributed by atoms with van der Waals surface area (Å²) in [7, 11) is 0. The van der Waals surface area contributed by atoms with E-state index in [1.165, 1.54) is 6.07 Å². The second-order valence-corrected chi connectivity index (χ2v) is 4.26. The van der Waals surface area contributed by atoms with Gasteiger partial charge in [-0.3, -0.25) is 0 Å². The Morgan fingerprint density at radius 1 is 0.789 bits per heavy atom. The lowest BCUT2D eigenvalue weighted by Gasteiger charge is -2.00. The van der Waals surface area contributed by atoms with Gasteiger partial charge in [0, 0.05) is 11.5 Å². The van der Waals surface area contributed by atoms with Gasteiger partial charge in [0.2, 0.25) is 0 Å². The van der Waals surface area contributed by atoms with Crippen molar-refractivity contribution in [3.8, 4) is 0 Å². The highest BCUT2D eigenvalue weighted by Crippen LogP contribution is 2.19. The van der Waals surface area contributed by atoms with Crippen LogP contribution in [0.2, 0.25) is 0 Å². The van der Waals surface area contributed by atoms with E-state index in [1.54, 1.807) is 12.1 Å². The quantitative estimate of drug-likeness (QED) is 0.507. The molecule has 1 aromatic heterocycles. The van der Waals surface area contributed by atoms with E-state index in [9.17, 15) is 4.79 Å². The van der Waals surface area contributed by atoms with Crippen LogP contribution < -0.4 is 5.63 Å². The van der Waals surface area contributed by atoms with E-state index in [4.69, 9.17) is 4.42 Å². The summed E-state index contributed by atoms with van der Waals surface area (Å²) >= 11 is 0. The second kappa shape index (κ2) is 4.94. The maximum Gasteiger partial charge on any atom is 0.336 e. The minimum Gasteiger partial charge on any atom is -0.423 e. The molecule has 0 fully saturated rings. The first kappa shape index (κ1) is 11.5. The number of hydrogen-bond acceptors (Lipinski definition) is 2.